The number of pyridine rings is 1. The zero-order valence-corrected chi connectivity index (χ0v) is 16.0. The van der Waals surface area contributed by atoms with E-state index < -0.39 is 0 Å². The van der Waals surface area contributed by atoms with E-state index in [1.165, 1.54) is 0 Å². The van der Waals surface area contributed by atoms with E-state index in [9.17, 15) is 9.59 Å². The van der Waals surface area contributed by atoms with Crippen LogP contribution >= 0.6 is 0 Å². The molecule has 1 fully saturated rings. The monoisotopic (exact) mass is 376 g/mol. The number of aromatic nitrogens is 3. The highest BCUT2D eigenvalue weighted by atomic mass is 16.2. The van der Waals surface area contributed by atoms with Gasteiger partial charge in [-0.25, -0.2) is 0 Å². The summed E-state index contributed by atoms with van der Waals surface area (Å²) in [7, 11) is 0. The van der Waals surface area contributed by atoms with Crippen molar-refractivity contribution in [1.29, 1.82) is 0 Å². The van der Waals surface area contributed by atoms with Gasteiger partial charge in [-0.15, -0.1) is 10.2 Å². The Morgan fingerprint density at radius 3 is 2.79 bits per heavy atom. The molecule has 3 aromatic rings. The molecule has 1 aromatic carbocycles. The third-order valence-corrected chi connectivity index (χ3v) is 5.59. The van der Waals surface area contributed by atoms with Gasteiger partial charge in [0.25, 0.3) is 0 Å². The van der Waals surface area contributed by atoms with Gasteiger partial charge in [-0.05, 0) is 49.4 Å². The maximum atomic E-state index is 12.6. The fourth-order valence-corrected chi connectivity index (χ4v) is 3.81. The topological polar surface area (TPSA) is 76.4 Å². The molecule has 1 N–H and O–H groups in total. The molecule has 2 aromatic heterocycles. The number of carbonyl (C=O) groups is 2. The summed E-state index contributed by atoms with van der Waals surface area (Å²) in [6, 6.07) is 13.7. The lowest BCUT2D eigenvalue weighted by Crippen LogP contribution is -2.28. The highest BCUT2D eigenvalue weighted by Gasteiger charge is 2.24. The Bertz CT molecular complexity index is 993. The van der Waals surface area contributed by atoms with E-state index in [0.717, 1.165) is 42.5 Å². The number of nitrogens with one attached hydrogen (secondary N) is 1. The lowest BCUT2D eigenvalue weighted by Gasteiger charge is -2.14. The fourth-order valence-electron chi connectivity index (χ4n) is 3.81. The predicted molar refractivity (Wildman–Crippen MR) is 106 cm³/mol. The molecule has 0 radical (unpaired) electrons. The van der Waals surface area contributed by atoms with Gasteiger partial charge in [-0.2, -0.15) is 0 Å². The molecule has 28 heavy (non-hydrogen) atoms. The van der Waals surface area contributed by atoms with Gasteiger partial charge in [0.15, 0.2) is 11.5 Å². The Labute approximate surface area is 164 Å². The molecule has 6 nitrogen and oxygen atoms in total. The number of amides is 1. The first kappa shape index (κ1) is 18.3. The Balaban J connectivity index is 1.36. The number of Topliss-reactive ketones (excluding diaryl/α,β-unsaturated/α-hetero) is 1. The molecule has 6 heteroatoms. The second-order valence-corrected chi connectivity index (χ2v) is 7.49. The summed E-state index contributed by atoms with van der Waals surface area (Å²) in [5.74, 6) is 0.947. The molecule has 1 aliphatic rings. The van der Waals surface area contributed by atoms with Gasteiger partial charge in [0.05, 0.1) is 12.5 Å². The third kappa shape index (κ3) is 3.81. The molecule has 0 bridgehead atoms. The number of nitrogens with zero attached hydrogens (tertiary/aromatic N) is 3. The summed E-state index contributed by atoms with van der Waals surface area (Å²) in [6.45, 7) is 2.23. The van der Waals surface area contributed by atoms with Crippen LogP contribution in [0.2, 0.25) is 0 Å². The van der Waals surface area contributed by atoms with Crippen LogP contribution in [0.3, 0.4) is 0 Å². The normalized spacial score (nSPS) is 17.8. The van der Waals surface area contributed by atoms with Crippen LogP contribution < -0.4 is 5.32 Å². The maximum absolute atomic E-state index is 12.6. The van der Waals surface area contributed by atoms with Crippen molar-refractivity contribution in [2.75, 3.05) is 0 Å². The van der Waals surface area contributed by atoms with E-state index in [-0.39, 0.29) is 17.7 Å². The van der Waals surface area contributed by atoms with Gasteiger partial charge in [0, 0.05) is 18.5 Å². The van der Waals surface area contributed by atoms with Gasteiger partial charge >= 0.3 is 0 Å². The predicted octanol–water partition coefficient (Wildman–Crippen LogP) is 3.06. The average Bonchev–Trinajstić information content (AvgIpc) is 3.32. The smallest absolute Gasteiger partial charge is 0.227 e. The second kappa shape index (κ2) is 7.92. The van der Waals surface area contributed by atoms with Crippen molar-refractivity contribution in [3.05, 3.63) is 65.6 Å². The van der Waals surface area contributed by atoms with E-state index in [4.69, 9.17) is 0 Å². The van der Waals surface area contributed by atoms with Gasteiger partial charge in [0.2, 0.25) is 5.91 Å². The minimum atomic E-state index is -0.263. The summed E-state index contributed by atoms with van der Waals surface area (Å²) in [4.78, 5) is 24.4. The van der Waals surface area contributed by atoms with Crippen molar-refractivity contribution in [3.63, 3.8) is 0 Å². The van der Waals surface area contributed by atoms with E-state index in [1.54, 1.807) is 0 Å². The number of carbonyl (C=O) groups excluding carboxylic acids is 2. The van der Waals surface area contributed by atoms with Crippen molar-refractivity contribution in [3.8, 4) is 0 Å². The quantitative estimate of drug-likeness (QED) is 0.717. The summed E-state index contributed by atoms with van der Waals surface area (Å²) in [6.07, 6.45) is 5.42. The molecule has 1 saturated carbocycles. The summed E-state index contributed by atoms with van der Waals surface area (Å²) < 4.78 is 1.87. The Morgan fingerprint density at radius 1 is 1.21 bits per heavy atom. The van der Waals surface area contributed by atoms with Crippen molar-refractivity contribution in [1.82, 2.24) is 19.9 Å². The zero-order chi connectivity index (χ0) is 19.5. The highest BCUT2D eigenvalue weighted by Crippen LogP contribution is 2.26. The molecule has 0 spiro atoms. The van der Waals surface area contributed by atoms with Crippen LogP contribution in [0.15, 0.2) is 48.7 Å². The number of hydrogen-bond acceptors (Lipinski definition) is 4. The first-order valence-corrected chi connectivity index (χ1v) is 9.80. The van der Waals surface area contributed by atoms with Crippen LogP contribution in [-0.4, -0.2) is 26.3 Å². The number of rotatable bonds is 6. The molecule has 0 saturated heterocycles. The molecule has 2 atom stereocenters. The van der Waals surface area contributed by atoms with Crippen LogP contribution in [-0.2, 0) is 22.6 Å². The Kier molecular flexibility index (Phi) is 5.19. The van der Waals surface area contributed by atoms with E-state index in [1.807, 2.05) is 60.0 Å². The van der Waals surface area contributed by atoms with Crippen LogP contribution in [0, 0.1) is 5.92 Å². The van der Waals surface area contributed by atoms with Crippen molar-refractivity contribution in [2.24, 2.45) is 5.92 Å². The molecule has 4 rings (SSSR count). The van der Waals surface area contributed by atoms with E-state index in [2.05, 4.69) is 15.5 Å². The fraction of sp³-hybridized carbons (Fsp3) is 0.364. The molecule has 144 valence electrons. The van der Waals surface area contributed by atoms with E-state index in [0.29, 0.717) is 18.2 Å². The van der Waals surface area contributed by atoms with Crippen molar-refractivity contribution < 1.29 is 9.59 Å². The Hall–Kier alpha value is -3.02. The number of hydrogen-bond donors (Lipinski definition) is 1. The SMILES string of the molecule is C[C@@H](C(=O)NCc1nnc2ccccn12)c1ccc(C[C@H]2CCCC2=O)cc1. The van der Waals surface area contributed by atoms with E-state index >= 15 is 0 Å². The maximum Gasteiger partial charge on any atom is 0.227 e. The minimum Gasteiger partial charge on any atom is -0.348 e. The van der Waals surface area contributed by atoms with Gasteiger partial charge in [-0.1, -0.05) is 30.3 Å². The van der Waals surface area contributed by atoms with Crippen molar-refractivity contribution in [2.45, 2.75) is 45.1 Å². The lowest BCUT2D eigenvalue weighted by atomic mass is 9.94. The van der Waals surface area contributed by atoms with Crippen LogP contribution in [0.1, 0.15) is 49.1 Å². The standard InChI is InChI=1S/C22H24N4O2/c1-15(17-10-8-16(9-11-17)13-18-5-4-6-19(18)27)22(28)23-14-21-25-24-20-7-2-3-12-26(20)21/h2-3,7-12,15,18H,4-6,13-14H2,1H3,(H,23,28)/t15-,18-/m1/s1. The first-order valence-electron chi connectivity index (χ1n) is 9.80. The first-order chi connectivity index (χ1) is 13.6. The molecule has 0 aliphatic heterocycles. The largest absolute Gasteiger partial charge is 0.348 e. The molecular weight excluding hydrogens is 352 g/mol. The molecule has 0 unspecified atom stereocenters. The van der Waals surface area contributed by atoms with Gasteiger partial charge in [-0.3, -0.25) is 14.0 Å². The number of fused-ring (bicyclic) bond motifs is 1. The summed E-state index contributed by atoms with van der Waals surface area (Å²) in [5.41, 5.74) is 2.88. The number of benzene rings is 1. The van der Waals surface area contributed by atoms with Crippen LogP contribution in [0.25, 0.3) is 5.65 Å². The second-order valence-electron chi connectivity index (χ2n) is 7.49. The average molecular weight is 376 g/mol. The van der Waals surface area contributed by atoms with Gasteiger partial charge in [0.1, 0.15) is 5.78 Å². The summed E-state index contributed by atoms with van der Waals surface area (Å²) >= 11 is 0. The summed E-state index contributed by atoms with van der Waals surface area (Å²) in [5, 5.41) is 11.2. The molecular formula is C22H24N4O2. The highest BCUT2D eigenvalue weighted by molar-refractivity contribution is 5.83. The van der Waals surface area contributed by atoms with Gasteiger partial charge < -0.3 is 5.32 Å². The molecule has 2 heterocycles. The molecule has 1 aliphatic carbocycles. The lowest BCUT2D eigenvalue weighted by molar-refractivity contribution is -0.122. The Morgan fingerprint density at radius 2 is 2.04 bits per heavy atom. The zero-order valence-electron chi connectivity index (χ0n) is 16.0. The minimum absolute atomic E-state index is 0.0496. The van der Waals surface area contributed by atoms with Crippen molar-refractivity contribution >= 4 is 17.3 Å². The van der Waals surface area contributed by atoms with Crippen LogP contribution in [0.4, 0.5) is 0 Å². The third-order valence-electron chi connectivity index (χ3n) is 5.59. The number of ketones is 1. The molecule has 1 amide bonds. The van der Waals surface area contributed by atoms with Crippen LogP contribution in [0.5, 0.6) is 0 Å².